The van der Waals surface area contributed by atoms with E-state index >= 15 is 0 Å². The molecule has 10 heteroatoms. The molecule has 0 amide bonds. The molecule has 2 rings (SSSR count). The van der Waals surface area contributed by atoms with Gasteiger partial charge in [0.1, 0.15) is 4.21 Å². The third-order valence-electron chi connectivity index (χ3n) is 5.24. The normalized spacial score (nSPS) is 16.7. The van der Waals surface area contributed by atoms with Gasteiger partial charge in [0.25, 0.3) is 10.0 Å². The number of sulfonamides is 1. The standard InChI is InChI=1S/C19H34N4O3S2.HI/c1-5-20-18(22-15-19(12-13-26-4)10-6-7-11-19)21-14-16-8-9-17(27-16)28(24,25)23(2)3;/h8-9H,5-7,10-15H2,1-4H3,(H2,20,21,22);1H. The number of methoxy groups -OCH3 is 1. The lowest BCUT2D eigenvalue weighted by molar-refractivity contribution is 0.138. The van der Waals surface area contributed by atoms with Crippen LogP contribution in [0.2, 0.25) is 0 Å². The highest BCUT2D eigenvalue weighted by Crippen LogP contribution is 2.40. The predicted octanol–water partition coefficient (Wildman–Crippen LogP) is 3.27. The first-order chi connectivity index (χ1) is 13.3. The number of hydrogen-bond acceptors (Lipinski definition) is 5. The molecule has 29 heavy (non-hydrogen) atoms. The number of aliphatic imine (C=N–C) groups is 1. The third kappa shape index (κ3) is 7.64. The Labute approximate surface area is 196 Å². The van der Waals surface area contributed by atoms with Crippen molar-refractivity contribution in [2.24, 2.45) is 10.4 Å². The van der Waals surface area contributed by atoms with E-state index in [1.165, 1.54) is 41.3 Å². The van der Waals surface area contributed by atoms with E-state index < -0.39 is 10.0 Å². The van der Waals surface area contributed by atoms with Crippen LogP contribution in [-0.2, 0) is 21.3 Å². The number of guanidine groups is 1. The lowest BCUT2D eigenvalue weighted by Gasteiger charge is -2.30. The van der Waals surface area contributed by atoms with Gasteiger partial charge in [0, 0.05) is 45.8 Å². The van der Waals surface area contributed by atoms with Gasteiger partial charge in [-0.15, -0.1) is 35.3 Å². The van der Waals surface area contributed by atoms with Crippen LogP contribution in [0.1, 0.15) is 43.9 Å². The number of nitrogens with one attached hydrogen (secondary N) is 2. The summed E-state index contributed by atoms with van der Waals surface area (Å²) in [6.07, 6.45) is 6.06. The third-order valence-corrected chi connectivity index (χ3v) is 8.59. The van der Waals surface area contributed by atoms with Crippen LogP contribution in [0.25, 0.3) is 0 Å². The molecule has 0 unspecified atom stereocenters. The summed E-state index contributed by atoms with van der Waals surface area (Å²) < 4.78 is 31.3. The largest absolute Gasteiger partial charge is 0.385 e. The van der Waals surface area contributed by atoms with Crippen LogP contribution < -0.4 is 10.6 Å². The molecule has 0 aliphatic heterocycles. The SMILES string of the molecule is CCNC(=NCc1ccc(S(=O)(=O)N(C)C)s1)NCC1(CCOC)CCCC1.I. The molecular formula is C19H35IN4O3S2. The second-order valence-corrected chi connectivity index (χ2v) is 11.1. The van der Waals surface area contributed by atoms with Gasteiger partial charge in [0.2, 0.25) is 0 Å². The Balaban J connectivity index is 0.00000420. The van der Waals surface area contributed by atoms with Crippen LogP contribution in [0, 0.1) is 5.41 Å². The Morgan fingerprint density at radius 1 is 1.28 bits per heavy atom. The molecule has 0 saturated heterocycles. The number of rotatable bonds is 10. The maximum absolute atomic E-state index is 12.2. The van der Waals surface area contributed by atoms with Gasteiger partial charge >= 0.3 is 0 Å². The van der Waals surface area contributed by atoms with Crippen molar-refractivity contribution in [1.29, 1.82) is 0 Å². The molecule has 7 nitrogen and oxygen atoms in total. The monoisotopic (exact) mass is 558 g/mol. The van der Waals surface area contributed by atoms with E-state index in [0.29, 0.717) is 10.8 Å². The maximum Gasteiger partial charge on any atom is 0.252 e. The second kappa shape index (κ2) is 12.4. The molecule has 1 aromatic rings. The predicted molar refractivity (Wildman–Crippen MR) is 131 cm³/mol. The lowest BCUT2D eigenvalue weighted by Crippen LogP contribution is -2.43. The molecule has 1 aromatic heterocycles. The van der Waals surface area contributed by atoms with Crippen molar-refractivity contribution in [2.75, 3.05) is 40.9 Å². The first kappa shape index (κ1) is 26.6. The summed E-state index contributed by atoms with van der Waals surface area (Å²) in [6, 6.07) is 3.49. The first-order valence-corrected chi connectivity index (χ1v) is 12.1. The highest BCUT2D eigenvalue weighted by atomic mass is 127. The fraction of sp³-hybridized carbons (Fsp3) is 0.737. The molecule has 168 valence electrons. The summed E-state index contributed by atoms with van der Waals surface area (Å²) in [6.45, 7) is 4.94. The molecule has 1 saturated carbocycles. The molecule has 0 radical (unpaired) electrons. The molecular weight excluding hydrogens is 523 g/mol. The van der Waals surface area contributed by atoms with Crippen LogP contribution in [0.15, 0.2) is 21.3 Å². The minimum absolute atomic E-state index is 0. The Hall–Kier alpha value is -0.430. The van der Waals surface area contributed by atoms with E-state index in [1.807, 2.05) is 13.0 Å². The van der Waals surface area contributed by atoms with Crippen molar-refractivity contribution >= 4 is 51.3 Å². The smallest absolute Gasteiger partial charge is 0.252 e. The van der Waals surface area contributed by atoms with Crippen LogP contribution in [-0.4, -0.2) is 59.6 Å². The van der Waals surface area contributed by atoms with E-state index in [2.05, 4.69) is 15.6 Å². The van der Waals surface area contributed by atoms with E-state index in [9.17, 15) is 8.42 Å². The fourth-order valence-electron chi connectivity index (χ4n) is 3.49. The van der Waals surface area contributed by atoms with Crippen molar-refractivity contribution in [3.8, 4) is 0 Å². The number of hydrogen-bond donors (Lipinski definition) is 2. The topological polar surface area (TPSA) is 83.0 Å². The summed E-state index contributed by atoms with van der Waals surface area (Å²) in [7, 11) is 1.46. The van der Waals surface area contributed by atoms with Gasteiger partial charge in [-0.2, -0.15) is 0 Å². The average molecular weight is 559 g/mol. The van der Waals surface area contributed by atoms with Gasteiger partial charge in [-0.25, -0.2) is 17.7 Å². The van der Waals surface area contributed by atoms with Gasteiger partial charge in [-0.3, -0.25) is 0 Å². The highest BCUT2D eigenvalue weighted by molar-refractivity contribution is 14.0. The Morgan fingerprint density at radius 3 is 2.55 bits per heavy atom. The Kier molecular flexibility index (Phi) is 11.4. The van der Waals surface area contributed by atoms with Gasteiger partial charge < -0.3 is 15.4 Å². The Bertz CT molecular complexity index is 744. The number of nitrogens with zero attached hydrogens (tertiary/aromatic N) is 2. The average Bonchev–Trinajstić information content (AvgIpc) is 3.32. The molecule has 1 fully saturated rings. The number of thiophene rings is 1. The van der Waals surface area contributed by atoms with Crippen LogP contribution in [0.3, 0.4) is 0 Å². The Morgan fingerprint density at radius 2 is 1.97 bits per heavy atom. The fourth-order valence-corrected chi connectivity index (χ4v) is 5.94. The van der Waals surface area contributed by atoms with Gasteiger partial charge in [0.15, 0.2) is 5.96 Å². The molecule has 0 bridgehead atoms. The summed E-state index contributed by atoms with van der Waals surface area (Å²) in [5.41, 5.74) is 0.280. The molecule has 1 heterocycles. The molecule has 1 aliphatic rings. The van der Waals surface area contributed by atoms with Crippen molar-refractivity contribution < 1.29 is 13.2 Å². The van der Waals surface area contributed by atoms with Crippen molar-refractivity contribution in [3.05, 3.63) is 17.0 Å². The van der Waals surface area contributed by atoms with Gasteiger partial charge in [-0.05, 0) is 43.7 Å². The van der Waals surface area contributed by atoms with Crippen molar-refractivity contribution in [3.63, 3.8) is 0 Å². The lowest BCUT2D eigenvalue weighted by atomic mass is 9.83. The van der Waals surface area contributed by atoms with Crippen LogP contribution in [0.5, 0.6) is 0 Å². The molecule has 0 aromatic carbocycles. The number of ether oxygens (including phenoxy) is 1. The van der Waals surface area contributed by atoms with Crippen LogP contribution >= 0.6 is 35.3 Å². The van der Waals surface area contributed by atoms with E-state index in [4.69, 9.17) is 4.74 Å². The summed E-state index contributed by atoms with van der Waals surface area (Å²) in [4.78, 5) is 5.59. The van der Waals surface area contributed by atoms with E-state index in [0.717, 1.165) is 37.0 Å². The van der Waals surface area contributed by atoms with Crippen LogP contribution in [0.4, 0.5) is 0 Å². The molecule has 1 aliphatic carbocycles. The van der Waals surface area contributed by atoms with Gasteiger partial charge in [0.05, 0.1) is 6.54 Å². The molecule has 0 atom stereocenters. The molecule has 0 spiro atoms. The summed E-state index contributed by atoms with van der Waals surface area (Å²) in [5.74, 6) is 0.775. The van der Waals surface area contributed by atoms with Gasteiger partial charge in [-0.1, -0.05) is 12.8 Å². The summed E-state index contributed by atoms with van der Waals surface area (Å²) in [5, 5.41) is 6.79. The minimum Gasteiger partial charge on any atom is -0.385 e. The summed E-state index contributed by atoms with van der Waals surface area (Å²) >= 11 is 1.27. The zero-order valence-electron chi connectivity index (χ0n) is 17.9. The van der Waals surface area contributed by atoms with Crippen molar-refractivity contribution in [1.82, 2.24) is 14.9 Å². The minimum atomic E-state index is -3.38. The second-order valence-electron chi connectivity index (χ2n) is 7.51. The highest BCUT2D eigenvalue weighted by Gasteiger charge is 2.33. The first-order valence-electron chi connectivity index (χ1n) is 9.85. The zero-order valence-corrected chi connectivity index (χ0v) is 21.8. The van der Waals surface area contributed by atoms with Crippen molar-refractivity contribution in [2.45, 2.75) is 49.8 Å². The van der Waals surface area contributed by atoms with E-state index in [-0.39, 0.29) is 29.4 Å². The maximum atomic E-state index is 12.2. The molecule has 2 N–H and O–H groups in total. The zero-order chi connectivity index (χ0) is 20.6. The van der Waals surface area contributed by atoms with E-state index in [1.54, 1.807) is 27.3 Å². The quantitative estimate of drug-likeness (QED) is 0.262. The number of halogens is 1.